The number of halogens is 1. The first-order valence-electron chi connectivity index (χ1n) is 10.7. The molecule has 1 aliphatic rings. The van der Waals surface area contributed by atoms with Gasteiger partial charge in [0.05, 0.1) is 22.8 Å². The number of carbonyl (C=O) groups is 1. The SMILES string of the molecule is Cc1ccc2c(c1)CN=C2[C@H](CNC(=O)c1ccc(-n2cnnc2)cc1Cl)c1ccccc1. The van der Waals surface area contributed by atoms with Crippen LogP contribution in [0.3, 0.4) is 0 Å². The minimum absolute atomic E-state index is 0.0609. The third-order valence-corrected chi connectivity index (χ3v) is 6.18. The number of hydrogen-bond donors (Lipinski definition) is 1. The van der Waals surface area contributed by atoms with Crippen molar-refractivity contribution in [3.63, 3.8) is 0 Å². The molecule has 5 rings (SSSR count). The predicted octanol–water partition coefficient (Wildman–Crippen LogP) is 4.75. The number of amides is 1. The van der Waals surface area contributed by atoms with Gasteiger partial charge >= 0.3 is 0 Å². The molecule has 0 unspecified atom stereocenters. The van der Waals surface area contributed by atoms with Crippen molar-refractivity contribution in [3.05, 3.63) is 112 Å². The van der Waals surface area contributed by atoms with Crippen LogP contribution in [-0.2, 0) is 6.54 Å². The van der Waals surface area contributed by atoms with E-state index < -0.39 is 0 Å². The number of carbonyl (C=O) groups excluding carboxylic acids is 1. The fourth-order valence-electron chi connectivity index (χ4n) is 4.19. The van der Waals surface area contributed by atoms with Gasteiger partial charge in [0.1, 0.15) is 12.7 Å². The third kappa shape index (κ3) is 4.30. The number of aliphatic imine (C=N–C) groups is 1. The maximum Gasteiger partial charge on any atom is 0.252 e. The van der Waals surface area contributed by atoms with Gasteiger partial charge in [-0.1, -0.05) is 65.7 Å². The number of benzene rings is 3. The van der Waals surface area contributed by atoms with E-state index in [9.17, 15) is 4.79 Å². The highest BCUT2D eigenvalue weighted by Crippen LogP contribution is 2.29. The summed E-state index contributed by atoms with van der Waals surface area (Å²) in [5.41, 5.74) is 6.93. The minimum Gasteiger partial charge on any atom is -0.351 e. The molecular formula is C26H22ClN5O. The molecule has 4 aromatic rings. The van der Waals surface area contributed by atoms with Crippen molar-refractivity contribution in [2.24, 2.45) is 4.99 Å². The van der Waals surface area contributed by atoms with Gasteiger partial charge < -0.3 is 5.32 Å². The quantitative estimate of drug-likeness (QED) is 0.456. The first-order valence-corrected chi connectivity index (χ1v) is 11.1. The number of aryl methyl sites for hydroxylation is 1. The first-order chi connectivity index (χ1) is 16.1. The second kappa shape index (κ2) is 9.00. The summed E-state index contributed by atoms with van der Waals surface area (Å²) in [5, 5.41) is 11.0. The van der Waals surface area contributed by atoms with Crippen molar-refractivity contribution in [2.45, 2.75) is 19.4 Å². The molecule has 2 heterocycles. The Labute approximate surface area is 197 Å². The molecular weight excluding hydrogens is 434 g/mol. The molecule has 0 saturated carbocycles. The zero-order chi connectivity index (χ0) is 22.8. The van der Waals surface area contributed by atoms with Gasteiger partial charge in [0.2, 0.25) is 0 Å². The lowest BCUT2D eigenvalue weighted by Gasteiger charge is -2.20. The lowest BCUT2D eigenvalue weighted by molar-refractivity contribution is 0.0953. The van der Waals surface area contributed by atoms with Gasteiger partial charge in [0.25, 0.3) is 5.91 Å². The van der Waals surface area contributed by atoms with E-state index in [0.29, 0.717) is 23.7 Å². The van der Waals surface area contributed by atoms with Gasteiger partial charge in [0, 0.05) is 23.7 Å². The van der Waals surface area contributed by atoms with Crippen molar-refractivity contribution in [2.75, 3.05) is 6.54 Å². The fourth-order valence-corrected chi connectivity index (χ4v) is 4.45. The van der Waals surface area contributed by atoms with Crippen LogP contribution in [0.5, 0.6) is 0 Å². The molecule has 164 valence electrons. The summed E-state index contributed by atoms with van der Waals surface area (Å²) in [6, 6.07) is 21.9. The van der Waals surface area contributed by atoms with E-state index in [-0.39, 0.29) is 11.8 Å². The van der Waals surface area contributed by atoms with E-state index in [4.69, 9.17) is 16.6 Å². The summed E-state index contributed by atoms with van der Waals surface area (Å²) < 4.78 is 1.73. The number of nitrogens with zero attached hydrogens (tertiary/aromatic N) is 4. The maximum absolute atomic E-state index is 13.0. The van der Waals surface area contributed by atoms with Crippen molar-refractivity contribution in [1.29, 1.82) is 0 Å². The summed E-state index contributed by atoms with van der Waals surface area (Å²) in [7, 11) is 0. The highest BCUT2D eigenvalue weighted by atomic mass is 35.5. The van der Waals surface area contributed by atoms with Gasteiger partial charge in [-0.15, -0.1) is 10.2 Å². The maximum atomic E-state index is 13.0. The molecule has 1 aliphatic heterocycles. The lowest BCUT2D eigenvalue weighted by Crippen LogP contribution is -2.32. The number of nitrogens with one attached hydrogen (secondary N) is 1. The Morgan fingerprint density at radius 3 is 2.61 bits per heavy atom. The average molecular weight is 456 g/mol. The number of hydrogen-bond acceptors (Lipinski definition) is 4. The monoisotopic (exact) mass is 455 g/mol. The number of rotatable bonds is 6. The molecule has 3 aromatic carbocycles. The van der Waals surface area contributed by atoms with Crippen LogP contribution in [0, 0.1) is 6.92 Å². The minimum atomic E-state index is -0.223. The zero-order valence-electron chi connectivity index (χ0n) is 18.1. The predicted molar refractivity (Wildman–Crippen MR) is 129 cm³/mol. The summed E-state index contributed by atoms with van der Waals surface area (Å²) >= 11 is 6.44. The van der Waals surface area contributed by atoms with Crippen molar-refractivity contribution < 1.29 is 4.79 Å². The standard InChI is InChI=1S/C26H22ClN5O/c1-17-7-9-21-19(11-17)13-28-25(21)23(18-5-3-2-4-6-18)14-29-26(33)22-10-8-20(12-24(22)27)32-15-30-31-16-32/h2-12,15-16,23H,13-14H2,1H3,(H,29,33)/t23-/m1/s1. The number of aromatic nitrogens is 3. The molecule has 0 radical (unpaired) electrons. The van der Waals surface area contributed by atoms with Gasteiger partial charge in [-0.25, -0.2) is 0 Å². The van der Waals surface area contributed by atoms with Gasteiger partial charge in [-0.3, -0.25) is 14.4 Å². The molecule has 0 bridgehead atoms. The Bertz CT molecular complexity index is 1330. The van der Waals surface area contributed by atoms with Crippen molar-refractivity contribution >= 4 is 23.2 Å². The van der Waals surface area contributed by atoms with Crippen LogP contribution >= 0.6 is 11.6 Å². The summed E-state index contributed by atoms with van der Waals surface area (Å²) in [6.07, 6.45) is 3.16. The third-order valence-electron chi connectivity index (χ3n) is 5.87. The highest BCUT2D eigenvalue weighted by Gasteiger charge is 2.26. The second-order valence-electron chi connectivity index (χ2n) is 8.07. The van der Waals surface area contributed by atoms with Crippen molar-refractivity contribution in [3.8, 4) is 5.69 Å². The average Bonchev–Trinajstić information content (AvgIpc) is 3.50. The Kier molecular flexibility index (Phi) is 5.75. The molecule has 33 heavy (non-hydrogen) atoms. The van der Waals surface area contributed by atoms with Crippen LogP contribution in [0.4, 0.5) is 0 Å². The molecule has 1 N–H and O–H groups in total. The topological polar surface area (TPSA) is 72.2 Å². The fraction of sp³-hybridized carbons (Fsp3) is 0.154. The summed E-state index contributed by atoms with van der Waals surface area (Å²) in [5.74, 6) is -0.284. The molecule has 6 nitrogen and oxygen atoms in total. The molecule has 0 spiro atoms. The summed E-state index contributed by atoms with van der Waals surface area (Å²) in [6.45, 7) is 3.17. The van der Waals surface area contributed by atoms with Crippen LogP contribution in [0.1, 0.15) is 38.5 Å². The molecule has 0 fully saturated rings. The Hall–Kier alpha value is -3.77. The molecule has 1 amide bonds. The Morgan fingerprint density at radius 1 is 1.06 bits per heavy atom. The van der Waals surface area contributed by atoms with Crippen molar-refractivity contribution in [1.82, 2.24) is 20.1 Å². The van der Waals surface area contributed by atoms with Crippen LogP contribution in [0.2, 0.25) is 5.02 Å². The normalized spacial score (nSPS) is 13.3. The van der Waals surface area contributed by atoms with Gasteiger partial charge in [-0.05, 0) is 36.2 Å². The van der Waals surface area contributed by atoms with E-state index in [1.165, 1.54) is 11.1 Å². The van der Waals surface area contributed by atoms with Crippen LogP contribution in [0.25, 0.3) is 5.69 Å². The highest BCUT2D eigenvalue weighted by molar-refractivity contribution is 6.34. The van der Waals surface area contributed by atoms with Gasteiger partial charge in [-0.2, -0.15) is 0 Å². The van der Waals surface area contributed by atoms with E-state index in [1.807, 2.05) is 24.3 Å². The largest absolute Gasteiger partial charge is 0.351 e. The molecule has 7 heteroatoms. The van der Waals surface area contributed by atoms with E-state index in [1.54, 1.807) is 29.4 Å². The van der Waals surface area contributed by atoms with E-state index in [2.05, 4.69) is 52.8 Å². The first kappa shape index (κ1) is 21.1. The van der Waals surface area contributed by atoms with Crippen LogP contribution < -0.4 is 5.32 Å². The smallest absolute Gasteiger partial charge is 0.252 e. The Balaban J connectivity index is 1.38. The summed E-state index contributed by atoms with van der Waals surface area (Å²) in [4.78, 5) is 17.9. The number of fused-ring (bicyclic) bond motifs is 1. The molecule has 1 atom stereocenters. The van der Waals surface area contributed by atoms with Crippen LogP contribution in [-0.4, -0.2) is 32.9 Å². The lowest BCUT2D eigenvalue weighted by atomic mass is 9.88. The zero-order valence-corrected chi connectivity index (χ0v) is 18.8. The van der Waals surface area contributed by atoms with Crippen LogP contribution in [0.15, 0.2) is 84.4 Å². The molecule has 0 aliphatic carbocycles. The Morgan fingerprint density at radius 2 is 1.85 bits per heavy atom. The molecule has 0 saturated heterocycles. The molecule has 1 aromatic heterocycles. The van der Waals surface area contributed by atoms with E-state index >= 15 is 0 Å². The van der Waals surface area contributed by atoms with Gasteiger partial charge in [0.15, 0.2) is 0 Å². The van der Waals surface area contributed by atoms with E-state index in [0.717, 1.165) is 22.5 Å². The second-order valence-corrected chi connectivity index (χ2v) is 8.48.